The maximum atomic E-state index is 10.1. The molecule has 0 aromatic heterocycles. The van der Waals surface area contributed by atoms with Gasteiger partial charge in [0.1, 0.15) is 0 Å². The first-order chi connectivity index (χ1) is 7.79. The number of aliphatic hydroxyl groups is 2. The van der Waals surface area contributed by atoms with Crippen LogP contribution in [0.1, 0.15) is 48.0 Å². The molecule has 0 aliphatic carbocycles. The second-order valence-electron chi connectivity index (χ2n) is 7.64. The minimum atomic E-state index is -1.77. The van der Waals surface area contributed by atoms with E-state index in [2.05, 4.69) is 33.9 Å². The molecule has 0 radical (unpaired) electrons. The van der Waals surface area contributed by atoms with Crippen molar-refractivity contribution in [1.82, 2.24) is 0 Å². The molecule has 4 heteroatoms. The van der Waals surface area contributed by atoms with Gasteiger partial charge in [-0.15, -0.1) is 0 Å². The summed E-state index contributed by atoms with van der Waals surface area (Å²) in [5.41, 5.74) is -0.327. The number of hydrogen-bond donors (Lipinski definition) is 2. The summed E-state index contributed by atoms with van der Waals surface area (Å²) in [5, 5.41) is 19.7. The molecule has 0 fully saturated rings. The molecule has 0 aliphatic heterocycles. The van der Waals surface area contributed by atoms with Gasteiger partial charge in [0.25, 0.3) is 0 Å². The third-order valence-electron chi connectivity index (χ3n) is 4.08. The zero-order valence-corrected chi connectivity index (χ0v) is 14.4. The molecule has 0 spiro atoms. The first-order valence-electron chi connectivity index (χ1n) is 6.80. The first-order valence-corrected chi connectivity index (χ1v) is 9.70. The van der Waals surface area contributed by atoms with Crippen LogP contribution < -0.4 is 0 Å². The Labute approximate surface area is 114 Å². The van der Waals surface area contributed by atoms with E-state index in [9.17, 15) is 10.2 Å². The molecule has 0 rings (SSSR count). The van der Waals surface area contributed by atoms with E-state index in [1.54, 1.807) is 6.92 Å². The van der Waals surface area contributed by atoms with E-state index in [4.69, 9.17) is 4.43 Å². The summed E-state index contributed by atoms with van der Waals surface area (Å²) in [6.07, 6.45) is -0.622. The number of aliphatic hydroxyl groups excluding tert-OH is 2. The lowest BCUT2D eigenvalue weighted by molar-refractivity contribution is -0.0166. The van der Waals surface area contributed by atoms with E-state index >= 15 is 0 Å². The fraction of sp³-hybridized carbons (Fsp3) is 1.00. The fourth-order valence-electron chi connectivity index (χ4n) is 1.32. The molecule has 0 bridgehead atoms. The Morgan fingerprint density at radius 1 is 1.06 bits per heavy atom. The molecule has 2 N–H and O–H groups in total. The van der Waals surface area contributed by atoms with Crippen LogP contribution in [-0.4, -0.2) is 37.3 Å². The van der Waals surface area contributed by atoms with Crippen LogP contribution in [0.5, 0.6) is 0 Å². The molecular formula is C14H32O3Si. The number of hydrogen-bond acceptors (Lipinski definition) is 3. The largest absolute Gasteiger partial charge is 0.416 e. The molecule has 0 aromatic rings. The van der Waals surface area contributed by atoms with E-state index in [0.29, 0.717) is 13.0 Å². The molecule has 0 aliphatic rings. The minimum Gasteiger partial charge on any atom is -0.416 e. The van der Waals surface area contributed by atoms with Gasteiger partial charge in [0.05, 0.1) is 12.2 Å². The highest BCUT2D eigenvalue weighted by molar-refractivity contribution is 6.74. The summed E-state index contributed by atoms with van der Waals surface area (Å²) in [6.45, 7) is 17.3. The Balaban J connectivity index is 4.52. The second kappa shape index (κ2) is 6.03. The van der Waals surface area contributed by atoms with E-state index in [1.807, 2.05) is 13.8 Å². The average molecular weight is 276 g/mol. The SMILES string of the molecule is CC(O)C[C@@H](O)C(C)(C)CO[Si](C)(C)C(C)(C)C. The van der Waals surface area contributed by atoms with Crippen LogP contribution in [0.3, 0.4) is 0 Å². The van der Waals surface area contributed by atoms with E-state index in [-0.39, 0.29) is 10.5 Å². The van der Waals surface area contributed by atoms with Gasteiger partial charge in [-0.25, -0.2) is 0 Å². The first kappa shape index (κ1) is 18.1. The van der Waals surface area contributed by atoms with Crippen LogP contribution in [0.4, 0.5) is 0 Å². The molecule has 1 unspecified atom stereocenters. The third kappa shape index (κ3) is 5.39. The van der Waals surface area contributed by atoms with Crippen LogP contribution >= 0.6 is 0 Å². The molecule has 0 saturated carbocycles. The molecule has 18 heavy (non-hydrogen) atoms. The molecule has 0 amide bonds. The van der Waals surface area contributed by atoms with Gasteiger partial charge in [0.15, 0.2) is 8.32 Å². The van der Waals surface area contributed by atoms with Crippen molar-refractivity contribution in [3.63, 3.8) is 0 Å². The molecule has 110 valence electrons. The van der Waals surface area contributed by atoms with Gasteiger partial charge in [-0.05, 0) is 31.5 Å². The van der Waals surface area contributed by atoms with Crippen LogP contribution in [0.2, 0.25) is 18.1 Å². The van der Waals surface area contributed by atoms with Gasteiger partial charge in [0.2, 0.25) is 0 Å². The van der Waals surface area contributed by atoms with Crippen molar-refractivity contribution < 1.29 is 14.6 Å². The van der Waals surface area contributed by atoms with Crippen molar-refractivity contribution in [2.24, 2.45) is 5.41 Å². The van der Waals surface area contributed by atoms with E-state index in [0.717, 1.165) is 0 Å². The summed E-state index contributed by atoms with van der Waals surface area (Å²) in [5.74, 6) is 0. The summed E-state index contributed by atoms with van der Waals surface area (Å²) in [7, 11) is -1.77. The Kier molecular flexibility index (Phi) is 6.07. The van der Waals surface area contributed by atoms with Crippen molar-refractivity contribution in [2.75, 3.05) is 6.61 Å². The van der Waals surface area contributed by atoms with Crippen LogP contribution in [0, 0.1) is 5.41 Å². The highest BCUT2D eigenvalue weighted by Gasteiger charge is 2.39. The lowest BCUT2D eigenvalue weighted by Gasteiger charge is -2.40. The van der Waals surface area contributed by atoms with Crippen LogP contribution in [0.25, 0.3) is 0 Å². The smallest absolute Gasteiger partial charge is 0.192 e. The molecule has 0 heterocycles. The Bertz CT molecular complexity index is 254. The topological polar surface area (TPSA) is 49.7 Å². The zero-order chi connectivity index (χ0) is 14.8. The maximum absolute atomic E-state index is 10.1. The lowest BCUT2D eigenvalue weighted by atomic mass is 9.85. The maximum Gasteiger partial charge on any atom is 0.192 e. The summed E-state index contributed by atoms with van der Waals surface area (Å²) >= 11 is 0. The normalized spacial score (nSPS) is 17.7. The van der Waals surface area contributed by atoms with Crippen molar-refractivity contribution in [3.05, 3.63) is 0 Å². The molecule has 0 saturated heterocycles. The molecule has 0 aromatic carbocycles. The molecular weight excluding hydrogens is 244 g/mol. The summed E-state index contributed by atoms with van der Waals surface area (Å²) < 4.78 is 6.16. The summed E-state index contributed by atoms with van der Waals surface area (Å²) in [6, 6.07) is 0. The second-order valence-corrected chi connectivity index (χ2v) is 12.4. The quantitative estimate of drug-likeness (QED) is 0.733. The third-order valence-corrected chi connectivity index (χ3v) is 8.56. The van der Waals surface area contributed by atoms with Gasteiger partial charge in [-0.2, -0.15) is 0 Å². The predicted octanol–water partition coefficient (Wildman–Crippen LogP) is 3.17. The average Bonchev–Trinajstić information content (AvgIpc) is 2.12. The highest BCUT2D eigenvalue weighted by Crippen LogP contribution is 2.38. The van der Waals surface area contributed by atoms with E-state index < -0.39 is 20.5 Å². The molecule has 2 atom stereocenters. The van der Waals surface area contributed by atoms with Gasteiger partial charge in [-0.3, -0.25) is 0 Å². The standard InChI is InChI=1S/C14H32O3Si/c1-11(15)9-12(16)14(5,6)10-17-18(7,8)13(2,3)4/h11-12,15-16H,9-10H2,1-8H3/t11?,12-/m1/s1. The van der Waals surface area contributed by atoms with Crippen LogP contribution in [0.15, 0.2) is 0 Å². The monoisotopic (exact) mass is 276 g/mol. The number of rotatable bonds is 6. The van der Waals surface area contributed by atoms with Crippen molar-refractivity contribution in [3.8, 4) is 0 Å². The Morgan fingerprint density at radius 2 is 1.50 bits per heavy atom. The lowest BCUT2D eigenvalue weighted by Crippen LogP contribution is -2.45. The predicted molar refractivity (Wildman–Crippen MR) is 79.2 cm³/mol. The van der Waals surface area contributed by atoms with Crippen molar-refractivity contribution in [1.29, 1.82) is 0 Å². The Hall–Kier alpha value is 0.0969. The minimum absolute atomic E-state index is 0.179. The fourth-order valence-corrected chi connectivity index (χ4v) is 2.49. The van der Waals surface area contributed by atoms with Crippen molar-refractivity contribution in [2.45, 2.75) is 78.3 Å². The molecule has 3 nitrogen and oxygen atoms in total. The summed E-state index contributed by atoms with van der Waals surface area (Å²) in [4.78, 5) is 0. The van der Waals surface area contributed by atoms with Gasteiger partial charge in [-0.1, -0.05) is 34.6 Å². The van der Waals surface area contributed by atoms with Gasteiger partial charge in [0, 0.05) is 12.0 Å². The zero-order valence-electron chi connectivity index (χ0n) is 13.4. The highest BCUT2D eigenvalue weighted by atomic mass is 28.4. The van der Waals surface area contributed by atoms with Crippen LogP contribution in [-0.2, 0) is 4.43 Å². The van der Waals surface area contributed by atoms with Gasteiger partial charge < -0.3 is 14.6 Å². The van der Waals surface area contributed by atoms with Crippen molar-refractivity contribution >= 4 is 8.32 Å². The van der Waals surface area contributed by atoms with Gasteiger partial charge >= 0.3 is 0 Å². The Morgan fingerprint density at radius 3 is 1.83 bits per heavy atom. The van der Waals surface area contributed by atoms with E-state index in [1.165, 1.54) is 0 Å².